The zero-order valence-electron chi connectivity index (χ0n) is 7.66. The molecule has 2 heterocycles. The van der Waals surface area contributed by atoms with Gasteiger partial charge in [-0.15, -0.1) is 0 Å². The highest BCUT2D eigenvalue weighted by Crippen LogP contribution is 2.33. The predicted octanol–water partition coefficient (Wildman–Crippen LogP) is 1.07. The quantitative estimate of drug-likeness (QED) is 0.563. The number of hydrogen-bond acceptors (Lipinski definition) is 2. The summed E-state index contributed by atoms with van der Waals surface area (Å²) >= 11 is 0. The van der Waals surface area contributed by atoms with Crippen LogP contribution < -0.4 is 0 Å². The molecule has 2 rings (SSSR count). The van der Waals surface area contributed by atoms with Crippen molar-refractivity contribution >= 4 is 0 Å². The first-order valence-electron chi connectivity index (χ1n) is 4.52. The Hall–Kier alpha value is -0.760. The van der Waals surface area contributed by atoms with Crippen LogP contribution in [0.4, 0.5) is 0 Å². The van der Waals surface area contributed by atoms with Crippen molar-refractivity contribution in [2.75, 3.05) is 20.1 Å². The van der Waals surface area contributed by atoms with Crippen LogP contribution in [-0.2, 0) is 0 Å². The number of rotatable bonds is 2. The van der Waals surface area contributed by atoms with E-state index in [0.717, 1.165) is 24.3 Å². The molecular weight excluding hydrogens is 148 g/mol. The van der Waals surface area contributed by atoms with Gasteiger partial charge in [0, 0.05) is 30.9 Å². The van der Waals surface area contributed by atoms with Crippen molar-refractivity contribution in [3.05, 3.63) is 24.9 Å². The summed E-state index contributed by atoms with van der Waals surface area (Å²) in [7, 11) is 2.21. The van der Waals surface area contributed by atoms with Crippen LogP contribution in [0.25, 0.3) is 0 Å². The summed E-state index contributed by atoms with van der Waals surface area (Å²) in [5.41, 5.74) is 1.09. The van der Waals surface area contributed by atoms with Crippen LogP contribution in [0.15, 0.2) is 24.9 Å². The fraction of sp³-hybridized carbons (Fsp3) is 0.600. The molecule has 2 unspecified atom stereocenters. The van der Waals surface area contributed by atoms with Crippen LogP contribution in [0.5, 0.6) is 0 Å². The van der Waals surface area contributed by atoms with Gasteiger partial charge in [0.15, 0.2) is 0 Å². The first kappa shape index (κ1) is 7.87. The van der Waals surface area contributed by atoms with Gasteiger partial charge < -0.3 is 4.90 Å². The number of likely N-dealkylation sites (tertiary alicyclic amines) is 2. The Balaban J connectivity index is 2.01. The predicted molar refractivity (Wildman–Crippen MR) is 50.9 cm³/mol. The molecule has 2 nitrogen and oxygen atoms in total. The molecule has 0 radical (unpaired) electrons. The number of nitrogens with zero attached hydrogens (tertiary/aromatic N) is 2. The minimum absolute atomic E-state index is 0.723. The van der Waals surface area contributed by atoms with Crippen LogP contribution in [0.3, 0.4) is 0 Å². The number of allylic oxidation sites excluding steroid dienone is 1. The maximum absolute atomic E-state index is 3.97. The highest BCUT2D eigenvalue weighted by Gasteiger charge is 2.45. The summed E-state index contributed by atoms with van der Waals surface area (Å²) in [5.74, 6) is 0. The average Bonchev–Trinajstić information content (AvgIpc) is 2.27. The lowest BCUT2D eigenvalue weighted by Crippen LogP contribution is -2.59. The molecule has 0 aromatic carbocycles. The summed E-state index contributed by atoms with van der Waals surface area (Å²) in [5, 5.41) is 0. The lowest BCUT2D eigenvalue weighted by atomic mass is 9.96. The monoisotopic (exact) mass is 164 g/mol. The average molecular weight is 164 g/mol. The minimum atomic E-state index is 0.723. The highest BCUT2D eigenvalue weighted by atomic mass is 15.4. The Morgan fingerprint density at radius 3 is 2.83 bits per heavy atom. The summed E-state index contributed by atoms with van der Waals surface area (Å²) in [6.07, 6.45) is 3.14. The first-order valence-corrected chi connectivity index (χ1v) is 4.52. The maximum atomic E-state index is 3.97. The molecule has 0 N–H and O–H groups in total. The molecule has 0 aromatic heterocycles. The second kappa shape index (κ2) is 2.63. The summed E-state index contributed by atoms with van der Waals surface area (Å²) in [6, 6.07) is 1.50. The first-order chi connectivity index (χ1) is 5.74. The van der Waals surface area contributed by atoms with E-state index < -0.39 is 0 Å². The second-order valence-corrected chi connectivity index (χ2v) is 3.75. The normalized spacial score (nSPS) is 34.2. The highest BCUT2D eigenvalue weighted by molar-refractivity contribution is 5.19. The van der Waals surface area contributed by atoms with Gasteiger partial charge >= 0.3 is 0 Å². The van der Waals surface area contributed by atoms with Crippen molar-refractivity contribution < 1.29 is 0 Å². The third kappa shape index (κ3) is 0.911. The Morgan fingerprint density at radius 2 is 2.25 bits per heavy atom. The van der Waals surface area contributed by atoms with Crippen LogP contribution >= 0.6 is 0 Å². The standard InChI is InChI=1S/C10H16N2/c1-4-8(2)12-7-10-9(12)5-6-11(10)3/h4,9-10H,1-2,5-7H2,3H3. The van der Waals surface area contributed by atoms with Crippen LogP contribution in [0.2, 0.25) is 0 Å². The zero-order chi connectivity index (χ0) is 8.72. The molecule has 0 amide bonds. The summed E-state index contributed by atoms with van der Waals surface area (Å²) < 4.78 is 0. The molecule has 2 aliphatic heterocycles. The molecular formula is C10H16N2. The van der Waals surface area contributed by atoms with E-state index in [1.54, 1.807) is 0 Å². The molecule has 66 valence electrons. The van der Waals surface area contributed by atoms with E-state index in [9.17, 15) is 0 Å². The smallest absolute Gasteiger partial charge is 0.0475 e. The third-order valence-corrected chi connectivity index (χ3v) is 3.18. The van der Waals surface area contributed by atoms with E-state index in [0.29, 0.717) is 0 Å². The minimum Gasteiger partial charge on any atom is -0.366 e. The molecule has 0 aliphatic carbocycles. The van der Waals surface area contributed by atoms with Gasteiger partial charge in [-0.1, -0.05) is 13.2 Å². The maximum Gasteiger partial charge on any atom is 0.0475 e. The molecule has 12 heavy (non-hydrogen) atoms. The SMILES string of the molecule is C=CC(=C)N1CC2C1CCN2C. The summed E-state index contributed by atoms with van der Waals surface area (Å²) in [4.78, 5) is 4.80. The lowest BCUT2D eigenvalue weighted by molar-refractivity contribution is 0.0690. The van der Waals surface area contributed by atoms with Gasteiger partial charge in [0.25, 0.3) is 0 Å². The van der Waals surface area contributed by atoms with Crippen LogP contribution in [-0.4, -0.2) is 42.0 Å². The molecule has 0 bridgehead atoms. The van der Waals surface area contributed by atoms with Gasteiger partial charge in [0.2, 0.25) is 0 Å². The molecule has 2 atom stereocenters. The van der Waals surface area contributed by atoms with Crippen LogP contribution in [0, 0.1) is 0 Å². The Bertz CT molecular complexity index is 222. The van der Waals surface area contributed by atoms with E-state index >= 15 is 0 Å². The van der Waals surface area contributed by atoms with E-state index in [1.165, 1.54) is 13.0 Å². The zero-order valence-corrected chi connectivity index (χ0v) is 7.66. The van der Waals surface area contributed by atoms with E-state index in [-0.39, 0.29) is 0 Å². The van der Waals surface area contributed by atoms with Crippen molar-refractivity contribution in [3.8, 4) is 0 Å². The van der Waals surface area contributed by atoms with Crippen molar-refractivity contribution in [1.29, 1.82) is 0 Å². The van der Waals surface area contributed by atoms with Gasteiger partial charge in [-0.25, -0.2) is 0 Å². The number of likely N-dealkylation sites (N-methyl/N-ethyl adjacent to an activating group) is 1. The van der Waals surface area contributed by atoms with Gasteiger partial charge in [-0.2, -0.15) is 0 Å². The Kier molecular flexibility index (Phi) is 1.72. The number of hydrogen-bond donors (Lipinski definition) is 0. The molecule has 2 fully saturated rings. The molecule has 0 saturated carbocycles. The summed E-state index contributed by atoms with van der Waals surface area (Å²) in [6.45, 7) is 10.1. The Morgan fingerprint density at radius 1 is 1.50 bits per heavy atom. The Labute approximate surface area is 74.2 Å². The number of fused-ring (bicyclic) bond motifs is 1. The fourth-order valence-corrected chi connectivity index (χ4v) is 2.26. The molecule has 2 aliphatic rings. The van der Waals surface area contributed by atoms with E-state index in [1.807, 2.05) is 6.08 Å². The third-order valence-electron chi connectivity index (χ3n) is 3.18. The van der Waals surface area contributed by atoms with Gasteiger partial charge in [-0.05, 0) is 19.5 Å². The molecule has 0 aromatic rings. The van der Waals surface area contributed by atoms with Crippen LogP contribution in [0.1, 0.15) is 6.42 Å². The van der Waals surface area contributed by atoms with Crippen molar-refractivity contribution in [1.82, 2.24) is 9.80 Å². The van der Waals surface area contributed by atoms with Crippen molar-refractivity contribution in [2.45, 2.75) is 18.5 Å². The molecule has 2 heteroatoms. The molecule has 0 spiro atoms. The van der Waals surface area contributed by atoms with Gasteiger partial charge in [0.1, 0.15) is 0 Å². The van der Waals surface area contributed by atoms with Crippen molar-refractivity contribution in [3.63, 3.8) is 0 Å². The largest absolute Gasteiger partial charge is 0.366 e. The fourth-order valence-electron chi connectivity index (χ4n) is 2.26. The van der Waals surface area contributed by atoms with E-state index in [2.05, 4.69) is 30.0 Å². The topological polar surface area (TPSA) is 6.48 Å². The van der Waals surface area contributed by atoms with E-state index in [4.69, 9.17) is 0 Å². The van der Waals surface area contributed by atoms with Gasteiger partial charge in [-0.3, -0.25) is 4.90 Å². The second-order valence-electron chi connectivity index (χ2n) is 3.75. The molecule has 2 saturated heterocycles. The van der Waals surface area contributed by atoms with Crippen molar-refractivity contribution in [2.24, 2.45) is 0 Å². The lowest BCUT2D eigenvalue weighted by Gasteiger charge is -2.48. The van der Waals surface area contributed by atoms with Gasteiger partial charge in [0.05, 0.1) is 0 Å².